The van der Waals surface area contributed by atoms with Gasteiger partial charge in [-0.2, -0.15) is 0 Å². The Morgan fingerprint density at radius 1 is 1.04 bits per heavy atom. The van der Waals surface area contributed by atoms with Crippen LogP contribution in [0.5, 0.6) is 0 Å². The Bertz CT molecular complexity index is 1000. The molecule has 0 N–H and O–H groups in total. The van der Waals surface area contributed by atoms with Crippen LogP contribution in [0.25, 0.3) is 11.2 Å². The van der Waals surface area contributed by atoms with E-state index in [9.17, 15) is 9.18 Å². The Labute approximate surface area is 155 Å². The lowest BCUT2D eigenvalue weighted by molar-refractivity contribution is 0.0782. The standard InChI is InChI=1S/C19H19FN6O/c1-24-11-23-16-17(24)21-10-22-18(16)25-6-13-8-26(9-14(13)7-25)19(27)12-2-4-15(20)5-3-12/h2-5,10-11,13-14H,6-9H2,1H3. The summed E-state index contributed by atoms with van der Waals surface area (Å²) in [5.41, 5.74) is 2.18. The predicted molar refractivity (Wildman–Crippen MR) is 97.8 cm³/mol. The van der Waals surface area contributed by atoms with E-state index in [-0.39, 0.29) is 11.7 Å². The first-order valence-corrected chi connectivity index (χ1v) is 9.02. The maximum atomic E-state index is 13.1. The van der Waals surface area contributed by atoms with E-state index in [1.807, 2.05) is 16.5 Å². The van der Waals surface area contributed by atoms with Gasteiger partial charge < -0.3 is 14.4 Å². The third kappa shape index (κ3) is 2.63. The number of halogens is 1. The maximum Gasteiger partial charge on any atom is 0.253 e. The Morgan fingerprint density at radius 3 is 2.44 bits per heavy atom. The highest BCUT2D eigenvalue weighted by atomic mass is 19.1. The SMILES string of the molecule is Cn1cnc2c(N3CC4CN(C(=O)c5ccc(F)cc5)CC4C3)ncnc21. The Kier molecular flexibility index (Phi) is 3.60. The van der Waals surface area contributed by atoms with E-state index in [0.717, 1.165) is 30.1 Å². The molecule has 1 amide bonds. The number of carbonyl (C=O) groups is 1. The van der Waals surface area contributed by atoms with Crippen LogP contribution >= 0.6 is 0 Å². The van der Waals surface area contributed by atoms with Crippen LogP contribution in [0.15, 0.2) is 36.9 Å². The number of hydrogen-bond acceptors (Lipinski definition) is 5. The normalized spacial score (nSPS) is 21.9. The van der Waals surface area contributed by atoms with Crippen LogP contribution in [0, 0.1) is 17.7 Å². The van der Waals surface area contributed by atoms with Crippen molar-refractivity contribution in [3.8, 4) is 0 Å². The van der Waals surface area contributed by atoms with Crippen molar-refractivity contribution in [3.63, 3.8) is 0 Å². The van der Waals surface area contributed by atoms with Crippen LogP contribution in [-0.4, -0.2) is 56.5 Å². The largest absolute Gasteiger partial charge is 0.354 e. The fraction of sp³-hybridized carbons (Fsp3) is 0.368. The van der Waals surface area contributed by atoms with Crippen LogP contribution in [0.3, 0.4) is 0 Å². The first-order chi connectivity index (χ1) is 13.1. The summed E-state index contributed by atoms with van der Waals surface area (Å²) in [4.78, 5) is 30.0. The third-order valence-electron chi connectivity index (χ3n) is 5.64. The van der Waals surface area contributed by atoms with E-state index in [1.54, 1.807) is 24.8 Å². The van der Waals surface area contributed by atoms with E-state index in [4.69, 9.17) is 0 Å². The lowest BCUT2D eigenvalue weighted by atomic mass is 10.0. The second kappa shape index (κ2) is 6.00. The van der Waals surface area contributed by atoms with E-state index in [1.165, 1.54) is 12.1 Å². The van der Waals surface area contributed by atoms with Crippen molar-refractivity contribution in [2.75, 3.05) is 31.1 Å². The number of benzene rings is 1. The molecule has 2 unspecified atom stereocenters. The zero-order valence-corrected chi connectivity index (χ0v) is 14.9. The summed E-state index contributed by atoms with van der Waals surface area (Å²) in [7, 11) is 1.92. The second-order valence-corrected chi connectivity index (χ2v) is 7.37. The first-order valence-electron chi connectivity index (χ1n) is 9.02. The van der Waals surface area contributed by atoms with Gasteiger partial charge in [-0.25, -0.2) is 19.3 Å². The quantitative estimate of drug-likeness (QED) is 0.691. The average molecular weight is 366 g/mol. The van der Waals surface area contributed by atoms with Gasteiger partial charge in [0.25, 0.3) is 5.91 Å². The van der Waals surface area contributed by atoms with Gasteiger partial charge in [-0.1, -0.05) is 0 Å². The number of fused-ring (bicyclic) bond motifs is 2. The van der Waals surface area contributed by atoms with Crippen molar-refractivity contribution in [2.45, 2.75) is 0 Å². The van der Waals surface area contributed by atoms with Gasteiger partial charge in [0.15, 0.2) is 17.0 Å². The highest BCUT2D eigenvalue weighted by molar-refractivity contribution is 5.94. The van der Waals surface area contributed by atoms with Crippen molar-refractivity contribution in [1.82, 2.24) is 24.4 Å². The number of likely N-dealkylation sites (tertiary alicyclic amines) is 1. The molecule has 2 aromatic heterocycles. The molecule has 2 aliphatic rings. The molecule has 0 radical (unpaired) electrons. The zero-order valence-electron chi connectivity index (χ0n) is 14.9. The van der Waals surface area contributed by atoms with Crippen LogP contribution < -0.4 is 4.90 Å². The summed E-state index contributed by atoms with van der Waals surface area (Å²) in [5.74, 6) is 1.33. The number of hydrogen-bond donors (Lipinski definition) is 0. The summed E-state index contributed by atoms with van der Waals surface area (Å²) in [6, 6.07) is 5.77. The highest BCUT2D eigenvalue weighted by Gasteiger charge is 2.42. The maximum absolute atomic E-state index is 13.1. The summed E-state index contributed by atoms with van der Waals surface area (Å²) in [6.07, 6.45) is 3.33. The molecule has 4 heterocycles. The minimum atomic E-state index is -0.328. The minimum absolute atomic E-state index is 0.0231. The Hall–Kier alpha value is -3.03. The van der Waals surface area contributed by atoms with Gasteiger partial charge in [0.2, 0.25) is 0 Å². The number of anilines is 1. The molecule has 5 rings (SSSR count). The summed E-state index contributed by atoms with van der Waals surface area (Å²) in [6.45, 7) is 3.13. The number of carbonyl (C=O) groups excluding carboxylic acids is 1. The van der Waals surface area contributed by atoms with Crippen molar-refractivity contribution >= 4 is 22.9 Å². The van der Waals surface area contributed by atoms with E-state index < -0.39 is 0 Å². The molecule has 2 atom stereocenters. The molecule has 7 nitrogen and oxygen atoms in total. The number of imidazole rings is 1. The van der Waals surface area contributed by atoms with Crippen molar-refractivity contribution < 1.29 is 9.18 Å². The molecule has 3 aromatic rings. The van der Waals surface area contributed by atoms with Gasteiger partial charge in [0.05, 0.1) is 6.33 Å². The molecule has 1 aromatic carbocycles. The highest BCUT2D eigenvalue weighted by Crippen LogP contribution is 2.35. The Morgan fingerprint density at radius 2 is 1.74 bits per heavy atom. The van der Waals surface area contributed by atoms with Gasteiger partial charge in [-0.15, -0.1) is 0 Å². The molecular weight excluding hydrogens is 347 g/mol. The molecule has 2 saturated heterocycles. The fourth-order valence-corrected chi connectivity index (χ4v) is 4.27. The van der Waals surface area contributed by atoms with Crippen molar-refractivity contribution in [3.05, 3.63) is 48.3 Å². The lowest BCUT2D eigenvalue weighted by Crippen LogP contribution is -2.33. The fourth-order valence-electron chi connectivity index (χ4n) is 4.27. The second-order valence-electron chi connectivity index (χ2n) is 7.37. The molecule has 0 bridgehead atoms. The number of rotatable bonds is 2. The summed E-state index contributed by atoms with van der Waals surface area (Å²) >= 11 is 0. The van der Waals surface area contributed by atoms with Gasteiger partial charge in [-0.05, 0) is 24.3 Å². The van der Waals surface area contributed by atoms with Crippen molar-refractivity contribution in [2.24, 2.45) is 18.9 Å². The van der Waals surface area contributed by atoms with Crippen LogP contribution in [0.4, 0.5) is 10.2 Å². The monoisotopic (exact) mass is 366 g/mol. The van der Waals surface area contributed by atoms with Gasteiger partial charge in [-0.3, -0.25) is 4.79 Å². The first kappa shape index (κ1) is 16.2. The van der Waals surface area contributed by atoms with Crippen LogP contribution in [0.2, 0.25) is 0 Å². The van der Waals surface area contributed by atoms with E-state index in [2.05, 4.69) is 19.9 Å². The lowest BCUT2D eigenvalue weighted by Gasteiger charge is -2.22. The van der Waals surface area contributed by atoms with Crippen LogP contribution in [0.1, 0.15) is 10.4 Å². The van der Waals surface area contributed by atoms with Gasteiger partial charge in [0, 0.05) is 50.6 Å². The Balaban J connectivity index is 1.32. The third-order valence-corrected chi connectivity index (χ3v) is 5.64. The summed E-state index contributed by atoms with van der Waals surface area (Å²) < 4.78 is 15.0. The molecule has 8 heteroatoms. The minimum Gasteiger partial charge on any atom is -0.354 e. The topological polar surface area (TPSA) is 67.2 Å². The average Bonchev–Trinajstić information content (AvgIpc) is 3.35. The van der Waals surface area contributed by atoms with E-state index in [0.29, 0.717) is 30.5 Å². The summed E-state index contributed by atoms with van der Waals surface area (Å²) in [5, 5.41) is 0. The van der Waals surface area contributed by atoms with Gasteiger partial charge >= 0.3 is 0 Å². The predicted octanol–water partition coefficient (Wildman–Crippen LogP) is 1.71. The van der Waals surface area contributed by atoms with E-state index >= 15 is 0 Å². The molecule has 0 saturated carbocycles. The number of aromatic nitrogens is 4. The molecule has 0 spiro atoms. The van der Waals surface area contributed by atoms with Gasteiger partial charge in [0.1, 0.15) is 12.1 Å². The molecule has 2 aliphatic heterocycles. The molecular formula is C19H19FN6O. The molecule has 27 heavy (non-hydrogen) atoms. The molecule has 2 fully saturated rings. The number of amides is 1. The molecule has 138 valence electrons. The zero-order chi connectivity index (χ0) is 18.5. The number of aryl methyl sites for hydroxylation is 1. The van der Waals surface area contributed by atoms with Crippen molar-refractivity contribution in [1.29, 1.82) is 0 Å². The number of nitrogens with zero attached hydrogens (tertiary/aromatic N) is 6. The molecule has 0 aliphatic carbocycles. The van der Waals surface area contributed by atoms with Crippen LogP contribution in [-0.2, 0) is 7.05 Å². The smallest absolute Gasteiger partial charge is 0.253 e.